The molecule has 1 aromatic carbocycles. The second kappa shape index (κ2) is 9.90. The number of nitriles is 1. The number of benzene rings is 1. The Hall–Kier alpha value is -3.06. The van der Waals surface area contributed by atoms with Gasteiger partial charge in [-0.05, 0) is 43.2 Å². The number of hydrogen-bond acceptors (Lipinski definition) is 5. The van der Waals surface area contributed by atoms with E-state index in [1.165, 1.54) is 27.9 Å². The molecule has 1 saturated carbocycles. The minimum absolute atomic E-state index is 0.00395. The molecule has 0 atom stereocenters. The predicted octanol–water partition coefficient (Wildman–Crippen LogP) is 4.39. The monoisotopic (exact) mass is 507 g/mol. The van der Waals surface area contributed by atoms with Gasteiger partial charge in [-0.2, -0.15) is 23.5 Å². The Bertz CT molecular complexity index is 1220. The Labute approximate surface area is 205 Å². The summed E-state index contributed by atoms with van der Waals surface area (Å²) >= 11 is 6.40. The lowest BCUT2D eigenvalue weighted by Crippen LogP contribution is -2.50. The maximum Gasteiger partial charge on any atom is 0.418 e. The fourth-order valence-electron chi connectivity index (χ4n) is 4.85. The number of alkyl halides is 3. The molecule has 11 heteroatoms. The van der Waals surface area contributed by atoms with Gasteiger partial charge in [-0.3, -0.25) is 9.59 Å². The first-order chi connectivity index (χ1) is 16.6. The number of rotatable bonds is 4. The number of piperazine rings is 1. The fourth-order valence-corrected chi connectivity index (χ4v) is 5.11. The van der Waals surface area contributed by atoms with Crippen molar-refractivity contribution in [2.24, 2.45) is 5.92 Å². The van der Waals surface area contributed by atoms with Crippen LogP contribution in [0.3, 0.4) is 0 Å². The number of nitrogens with zero attached hydrogens (tertiary/aromatic N) is 5. The topological polar surface area (TPSA) is 82.2 Å². The second-order valence-corrected chi connectivity index (χ2v) is 9.57. The molecule has 0 unspecified atom stereocenters. The molecule has 0 radical (unpaired) electrons. The van der Waals surface area contributed by atoms with Crippen LogP contribution >= 0.6 is 11.6 Å². The summed E-state index contributed by atoms with van der Waals surface area (Å²) in [6, 6.07) is 5.33. The number of halogens is 4. The van der Waals surface area contributed by atoms with Gasteiger partial charge in [0.1, 0.15) is 5.02 Å². The second-order valence-electron chi connectivity index (χ2n) is 9.19. The summed E-state index contributed by atoms with van der Waals surface area (Å²) in [5.41, 5.74) is -1.70. The van der Waals surface area contributed by atoms with Crippen molar-refractivity contribution < 1.29 is 18.0 Å². The molecule has 186 valence electrons. The maximum absolute atomic E-state index is 13.6. The third kappa shape index (κ3) is 5.15. The van der Waals surface area contributed by atoms with Crippen molar-refractivity contribution in [3.05, 3.63) is 56.5 Å². The normalized spacial score (nSPS) is 21.2. The van der Waals surface area contributed by atoms with E-state index in [0.29, 0.717) is 11.6 Å². The van der Waals surface area contributed by atoms with E-state index in [-0.39, 0.29) is 42.8 Å². The lowest BCUT2D eigenvalue weighted by molar-refractivity contribution is -0.140. The van der Waals surface area contributed by atoms with Crippen LogP contribution in [0.15, 0.2) is 29.2 Å². The van der Waals surface area contributed by atoms with Crippen molar-refractivity contribution in [3.8, 4) is 6.07 Å². The van der Waals surface area contributed by atoms with Crippen LogP contribution in [0.4, 0.5) is 18.9 Å². The zero-order valence-corrected chi connectivity index (χ0v) is 19.9. The van der Waals surface area contributed by atoms with E-state index < -0.39 is 28.8 Å². The summed E-state index contributed by atoms with van der Waals surface area (Å²) in [5, 5.41) is 13.4. The molecule has 0 bridgehead atoms. The number of anilines is 1. The highest BCUT2D eigenvalue weighted by Crippen LogP contribution is 2.36. The molecule has 35 heavy (non-hydrogen) atoms. The first kappa shape index (κ1) is 25.0. The number of amides is 1. The quantitative estimate of drug-likeness (QED) is 0.613. The van der Waals surface area contributed by atoms with Crippen molar-refractivity contribution in [3.63, 3.8) is 0 Å². The van der Waals surface area contributed by atoms with E-state index in [4.69, 9.17) is 16.9 Å². The van der Waals surface area contributed by atoms with Gasteiger partial charge in [-0.15, -0.1) is 0 Å². The summed E-state index contributed by atoms with van der Waals surface area (Å²) in [6.45, 7) is 2.17. The molecule has 2 aliphatic rings. The first-order valence-electron chi connectivity index (χ1n) is 11.5. The SMILES string of the molecule is CC1CCC(n2ncc(N3CCN(Cc4cccc(C#N)c4C(F)(F)F)C(=O)C3)c(Cl)c2=O)CC1. The van der Waals surface area contributed by atoms with Gasteiger partial charge in [-0.1, -0.05) is 30.7 Å². The highest BCUT2D eigenvalue weighted by atomic mass is 35.5. The highest BCUT2D eigenvalue weighted by Gasteiger charge is 2.37. The van der Waals surface area contributed by atoms with E-state index in [9.17, 15) is 22.8 Å². The number of aromatic nitrogens is 2. The Morgan fingerprint density at radius 2 is 1.89 bits per heavy atom. The summed E-state index contributed by atoms with van der Waals surface area (Å²) in [6.07, 6.45) is 0.514. The van der Waals surface area contributed by atoms with Crippen LogP contribution in [-0.4, -0.2) is 40.2 Å². The highest BCUT2D eigenvalue weighted by molar-refractivity contribution is 6.33. The third-order valence-corrected chi connectivity index (χ3v) is 7.19. The van der Waals surface area contributed by atoms with Crippen LogP contribution in [0.2, 0.25) is 5.02 Å². The molecule has 2 aromatic rings. The van der Waals surface area contributed by atoms with Crippen LogP contribution in [0, 0.1) is 17.2 Å². The van der Waals surface area contributed by atoms with Gasteiger partial charge in [0.15, 0.2) is 0 Å². The zero-order chi connectivity index (χ0) is 25.3. The molecule has 7 nitrogen and oxygen atoms in total. The minimum Gasteiger partial charge on any atom is -0.358 e. The van der Waals surface area contributed by atoms with Gasteiger partial charge < -0.3 is 9.80 Å². The van der Waals surface area contributed by atoms with Gasteiger partial charge >= 0.3 is 6.18 Å². The summed E-state index contributed by atoms with van der Waals surface area (Å²) in [7, 11) is 0. The molecule has 1 saturated heterocycles. The van der Waals surface area contributed by atoms with Crippen molar-refractivity contribution in [1.29, 1.82) is 5.26 Å². The molecular formula is C24H25ClF3N5O2. The number of hydrogen-bond donors (Lipinski definition) is 0. The third-order valence-electron chi connectivity index (χ3n) is 6.83. The average molecular weight is 508 g/mol. The van der Waals surface area contributed by atoms with Crippen LogP contribution in [-0.2, 0) is 17.5 Å². The molecule has 0 spiro atoms. The Morgan fingerprint density at radius 3 is 2.51 bits per heavy atom. The summed E-state index contributed by atoms with van der Waals surface area (Å²) in [5.74, 6) is 0.210. The summed E-state index contributed by atoms with van der Waals surface area (Å²) < 4.78 is 42.2. The van der Waals surface area contributed by atoms with Crippen molar-refractivity contribution in [2.45, 2.75) is 51.4 Å². The molecule has 2 heterocycles. The predicted molar refractivity (Wildman–Crippen MR) is 124 cm³/mol. The van der Waals surface area contributed by atoms with Crippen LogP contribution < -0.4 is 10.5 Å². The van der Waals surface area contributed by atoms with E-state index in [2.05, 4.69) is 12.0 Å². The van der Waals surface area contributed by atoms with E-state index in [1.807, 2.05) is 0 Å². The van der Waals surface area contributed by atoms with Gasteiger partial charge in [0.25, 0.3) is 5.56 Å². The molecular weight excluding hydrogens is 483 g/mol. The summed E-state index contributed by atoms with van der Waals surface area (Å²) in [4.78, 5) is 28.7. The molecule has 1 aliphatic carbocycles. The minimum atomic E-state index is -4.72. The molecule has 1 aliphatic heterocycles. The van der Waals surface area contributed by atoms with E-state index in [0.717, 1.165) is 31.7 Å². The smallest absolute Gasteiger partial charge is 0.358 e. The lowest BCUT2D eigenvalue weighted by Gasteiger charge is -2.36. The molecule has 4 rings (SSSR count). The van der Waals surface area contributed by atoms with Gasteiger partial charge in [-0.25, -0.2) is 4.68 Å². The number of carbonyl (C=O) groups excluding carboxylic acids is 1. The van der Waals surface area contributed by atoms with Crippen molar-refractivity contribution in [1.82, 2.24) is 14.7 Å². The molecule has 0 N–H and O–H groups in total. The van der Waals surface area contributed by atoms with Crippen molar-refractivity contribution in [2.75, 3.05) is 24.5 Å². The number of carbonyl (C=O) groups is 1. The zero-order valence-electron chi connectivity index (χ0n) is 19.2. The Morgan fingerprint density at radius 1 is 1.17 bits per heavy atom. The Balaban J connectivity index is 1.50. The maximum atomic E-state index is 13.6. The van der Waals surface area contributed by atoms with Crippen molar-refractivity contribution >= 4 is 23.2 Å². The van der Waals surface area contributed by atoms with E-state index >= 15 is 0 Å². The molecule has 1 amide bonds. The largest absolute Gasteiger partial charge is 0.418 e. The average Bonchev–Trinajstić information content (AvgIpc) is 2.82. The van der Waals surface area contributed by atoms with Crippen LogP contribution in [0.25, 0.3) is 0 Å². The van der Waals surface area contributed by atoms with Gasteiger partial charge in [0.05, 0.1) is 41.7 Å². The van der Waals surface area contributed by atoms with Crippen LogP contribution in [0.1, 0.15) is 55.3 Å². The van der Waals surface area contributed by atoms with Gasteiger partial charge in [0.2, 0.25) is 5.91 Å². The Kier molecular flexibility index (Phi) is 7.08. The fraction of sp³-hybridized carbons (Fsp3) is 0.500. The van der Waals surface area contributed by atoms with E-state index in [1.54, 1.807) is 11.0 Å². The molecule has 1 aromatic heterocycles. The standard InChI is InChI=1S/C24H25ClF3N5O2/c1-15-5-7-18(8-6-15)33-23(35)22(25)19(12-30-33)31-9-10-32(20(34)14-31)13-17-4-2-3-16(11-29)21(17)24(26,27)28/h2-4,12,15,18H,5-10,13-14H2,1H3. The first-order valence-corrected chi connectivity index (χ1v) is 11.9. The van der Waals surface area contributed by atoms with Gasteiger partial charge in [0, 0.05) is 19.6 Å². The molecule has 2 fully saturated rings. The van der Waals surface area contributed by atoms with Crippen LogP contribution in [0.5, 0.6) is 0 Å². The lowest BCUT2D eigenvalue weighted by atomic mass is 9.87.